The number of halogens is 3. The summed E-state index contributed by atoms with van der Waals surface area (Å²) in [6.45, 7) is 15.0. The zero-order valence-electron chi connectivity index (χ0n) is 20.0. The van der Waals surface area contributed by atoms with Crippen LogP contribution in [0.3, 0.4) is 0 Å². The quantitative estimate of drug-likeness (QED) is 0.303. The number of benzene rings is 3. The van der Waals surface area contributed by atoms with E-state index in [2.05, 4.69) is 64.6 Å². The highest BCUT2D eigenvalue weighted by Gasteiger charge is 2.30. The fourth-order valence-electron chi connectivity index (χ4n) is 4.58. The minimum Gasteiger partial charge on any atom is -0.166 e. The lowest BCUT2D eigenvalue weighted by Gasteiger charge is -2.22. The van der Waals surface area contributed by atoms with Gasteiger partial charge in [-0.25, -0.2) is 0 Å². The number of allylic oxidation sites excluding steroid dienone is 1. The minimum absolute atomic E-state index is 0.476. The van der Waals surface area contributed by atoms with Gasteiger partial charge in [0.1, 0.15) is 0 Å². The molecular formula is C29H32F3P. The maximum Gasteiger partial charge on any atom is 0.416 e. The van der Waals surface area contributed by atoms with Crippen molar-refractivity contribution in [2.75, 3.05) is 0 Å². The van der Waals surface area contributed by atoms with Crippen LogP contribution in [0.15, 0.2) is 66.5 Å². The molecule has 174 valence electrons. The second-order valence-corrected chi connectivity index (χ2v) is 10.3. The molecule has 0 bridgehead atoms. The van der Waals surface area contributed by atoms with Crippen molar-refractivity contribution in [3.8, 4) is 22.3 Å². The SMILES string of the molecule is C=C(Pc1ccccc1-c1c(C)cc(C)c(-c2ccc(C(F)(F)F)cc2)c1C)C(C)CCC. The fourth-order valence-corrected chi connectivity index (χ4v) is 5.84. The van der Waals surface area contributed by atoms with Gasteiger partial charge in [-0.15, -0.1) is 0 Å². The highest BCUT2D eigenvalue weighted by atomic mass is 31.1. The smallest absolute Gasteiger partial charge is 0.166 e. The first-order valence-corrected chi connectivity index (χ1v) is 12.4. The molecule has 0 N–H and O–H groups in total. The Morgan fingerprint density at radius 3 is 2.15 bits per heavy atom. The first kappa shape index (κ1) is 25.2. The third-order valence-electron chi connectivity index (χ3n) is 6.28. The molecule has 0 aliphatic carbocycles. The van der Waals surface area contributed by atoms with Gasteiger partial charge < -0.3 is 0 Å². The predicted octanol–water partition coefficient (Wildman–Crippen LogP) is 9.22. The number of aryl methyl sites for hydroxylation is 2. The molecule has 3 rings (SSSR count). The van der Waals surface area contributed by atoms with Crippen LogP contribution in [0.4, 0.5) is 13.2 Å². The van der Waals surface area contributed by atoms with E-state index in [-0.39, 0.29) is 0 Å². The van der Waals surface area contributed by atoms with Crippen LogP contribution in [-0.4, -0.2) is 0 Å². The van der Waals surface area contributed by atoms with E-state index in [1.807, 2.05) is 6.92 Å². The van der Waals surface area contributed by atoms with Crippen LogP contribution >= 0.6 is 8.58 Å². The van der Waals surface area contributed by atoms with Crippen molar-refractivity contribution < 1.29 is 13.2 Å². The number of alkyl halides is 3. The standard InChI is InChI=1S/C29H32F3P/c1-7-10-18(2)22(6)33-26-12-9-8-11-25(26)28-20(4)17-19(3)27(21(28)5)23-13-15-24(16-14-23)29(30,31)32/h8-9,11-18,33H,6-7,10H2,1-5H3. The van der Waals surface area contributed by atoms with Crippen molar-refractivity contribution >= 4 is 13.9 Å². The first-order chi connectivity index (χ1) is 15.5. The van der Waals surface area contributed by atoms with E-state index in [9.17, 15) is 13.2 Å². The zero-order valence-corrected chi connectivity index (χ0v) is 21.0. The molecule has 0 fully saturated rings. The van der Waals surface area contributed by atoms with Crippen LogP contribution in [0.1, 0.15) is 48.9 Å². The molecule has 0 heterocycles. The molecule has 0 radical (unpaired) electrons. The zero-order chi connectivity index (χ0) is 24.3. The average molecular weight is 469 g/mol. The predicted molar refractivity (Wildman–Crippen MR) is 138 cm³/mol. The number of hydrogen-bond donors (Lipinski definition) is 0. The van der Waals surface area contributed by atoms with Crippen molar-refractivity contribution in [2.24, 2.45) is 5.92 Å². The van der Waals surface area contributed by atoms with Gasteiger partial charge in [-0.05, 0) is 94.8 Å². The van der Waals surface area contributed by atoms with Crippen molar-refractivity contribution in [3.63, 3.8) is 0 Å². The molecule has 3 aromatic rings. The van der Waals surface area contributed by atoms with E-state index >= 15 is 0 Å². The van der Waals surface area contributed by atoms with Crippen molar-refractivity contribution in [3.05, 3.63) is 88.7 Å². The Morgan fingerprint density at radius 1 is 0.939 bits per heavy atom. The van der Waals surface area contributed by atoms with Crippen LogP contribution in [0.2, 0.25) is 0 Å². The topological polar surface area (TPSA) is 0 Å². The first-order valence-electron chi connectivity index (χ1n) is 11.4. The van der Waals surface area contributed by atoms with Crippen molar-refractivity contribution in [2.45, 2.75) is 53.6 Å². The van der Waals surface area contributed by atoms with Crippen LogP contribution in [0.5, 0.6) is 0 Å². The van der Waals surface area contributed by atoms with Gasteiger partial charge in [0.15, 0.2) is 0 Å². The minimum atomic E-state index is -4.34. The molecule has 0 nitrogen and oxygen atoms in total. The fraction of sp³-hybridized carbons (Fsp3) is 0.310. The van der Waals surface area contributed by atoms with Gasteiger partial charge in [-0.3, -0.25) is 0 Å². The molecule has 0 spiro atoms. The summed E-state index contributed by atoms with van der Waals surface area (Å²) in [6, 6.07) is 16.1. The van der Waals surface area contributed by atoms with Crippen molar-refractivity contribution in [1.29, 1.82) is 0 Å². The summed E-state index contributed by atoms with van der Waals surface area (Å²) >= 11 is 0. The Bertz CT molecular complexity index is 1140. The second-order valence-electron chi connectivity index (χ2n) is 8.85. The van der Waals surface area contributed by atoms with Gasteiger partial charge in [0.05, 0.1) is 5.56 Å². The van der Waals surface area contributed by atoms with E-state index in [0.29, 0.717) is 14.5 Å². The average Bonchev–Trinajstić information content (AvgIpc) is 2.74. The summed E-state index contributed by atoms with van der Waals surface area (Å²) in [5.41, 5.74) is 6.86. The van der Waals surface area contributed by atoms with E-state index in [1.54, 1.807) is 12.1 Å². The summed E-state index contributed by atoms with van der Waals surface area (Å²) in [4.78, 5) is 0. The van der Waals surface area contributed by atoms with Crippen LogP contribution < -0.4 is 5.30 Å². The molecule has 0 saturated carbocycles. The van der Waals surface area contributed by atoms with Crippen LogP contribution in [-0.2, 0) is 6.18 Å². The van der Waals surface area contributed by atoms with Gasteiger partial charge in [-0.2, -0.15) is 13.2 Å². The van der Waals surface area contributed by atoms with Gasteiger partial charge >= 0.3 is 6.18 Å². The second kappa shape index (κ2) is 10.3. The third-order valence-corrected chi connectivity index (χ3v) is 7.80. The Morgan fingerprint density at radius 2 is 1.55 bits per heavy atom. The summed E-state index contributed by atoms with van der Waals surface area (Å²) in [6.07, 6.45) is -2.06. The van der Waals surface area contributed by atoms with Crippen LogP contribution in [0, 0.1) is 26.7 Å². The normalized spacial score (nSPS) is 13.0. The Labute approximate surface area is 197 Å². The van der Waals surface area contributed by atoms with Crippen LogP contribution in [0.25, 0.3) is 22.3 Å². The molecule has 0 amide bonds. The Kier molecular flexibility index (Phi) is 7.85. The molecule has 0 aliphatic rings. The van der Waals surface area contributed by atoms with Gasteiger partial charge in [0.25, 0.3) is 0 Å². The summed E-state index contributed by atoms with van der Waals surface area (Å²) < 4.78 is 39.2. The molecule has 2 unspecified atom stereocenters. The highest BCUT2D eigenvalue weighted by Crippen LogP contribution is 2.40. The molecule has 0 aromatic heterocycles. The molecule has 33 heavy (non-hydrogen) atoms. The number of rotatable bonds is 7. The lowest BCUT2D eigenvalue weighted by molar-refractivity contribution is -0.137. The summed E-state index contributed by atoms with van der Waals surface area (Å²) in [7, 11) is 0.518. The maximum absolute atomic E-state index is 13.1. The molecule has 2 atom stereocenters. The van der Waals surface area contributed by atoms with Crippen molar-refractivity contribution in [1.82, 2.24) is 0 Å². The third kappa shape index (κ3) is 5.58. The molecule has 4 heteroatoms. The van der Waals surface area contributed by atoms with Gasteiger partial charge in [0.2, 0.25) is 0 Å². The lowest BCUT2D eigenvalue weighted by atomic mass is 9.86. The highest BCUT2D eigenvalue weighted by molar-refractivity contribution is 7.52. The molecule has 0 saturated heterocycles. The largest absolute Gasteiger partial charge is 0.416 e. The molecule has 0 aliphatic heterocycles. The van der Waals surface area contributed by atoms with E-state index in [1.165, 1.54) is 33.9 Å². The summed E-state index contributed by atoms with van der Waals surface area (Å²) in [5, 5.41) is 2.52. The maximum atomic E-state index is 13.1. The monoisotopic (exact) mass is 468 g/mol. The van der Waals surface area contributed by atoms with Gasteiger partial charge in [-0.1, -0.05) is 77.9 Å². The van der Waals surface area contributed by atoms with Gasteiger partial charge in [0, 0.05) is 0 Å². The Hall–Kier alpha value is -2.38. The molecular weight excluding hydrogens is 436 g/mol. The van der Waals surface area contributed by atoms with E-state index in [4.69, 9.17) is 0 Å². The Balaban J connectivity index is 2.10. The lowest BCUT2D eigenvalue weighted by Crippen LogP contribution is -2.06. The van der Waals surface area contributed by atoms with E-state index < -0.39 is 11.7 Å². The van der Waals surface area contributed by atoms with E-state index in [0.717, 1.165) is 40.7 Å². The molecule has 3 aromatic carbocycles. The summed E-state index contributed by atoms with van der Waals surface area (Å²) in [5.74, 6) is 0.476. The number of hydrogen-bond acceptors (Lipinski definition) is 0.